The van der Waals surface area contributed by atoms with E-state index < -0.39 is 0 Å². The van der Waals surface area contributed by atoms with E-state index in [1.54, 1.807) is 4.68 Å². The normalized spacial score (nSPS) is 13.0. The first-order valence-electron chi connectivity index (χ1n) is 6.13. The molecule has 1 atom stereocenters. The highest BCUT2D eigenvalue weighted by Gasteiger charge is 2.19. The van der Waals surface area contributed by atoms with Crippen LogP contribution >= 0.6 is 0 Å². The molecular weight excluding hydrogens is 240 g/mol. The Morgan fingerprint density at radius 1 is 1.32 bits per heavy atom. The van der Waals surface area contributed by atoms with E-state index in [9.17, 15) is 0 Å². The van der Waals surface area contributed by atoms with Crippen molar-refractivity contribution < 1.29 is 4.42 Å². The number of hydrazine groups is 1. The summed E-state index contributed by atoms with van der Waals surface area (Å²) in [5, 5.41) is 5.44. The number of hydrogen-bond donors (Lipinski definition) is 2. The monoisotopic (exact) mass is 256 g/mol. The first-order chi connectivity index (χ1) is 9.17. The number of hydrogen-bond acceptors (Lipinski definition) is 4. The van der Waals surface area contributed by atoms with Crippen molar-refractivity contribution in [3.05, 3.63) is 53.5 Å². The number of nitrogens with zero attached hydrogens (tertiary/aromatic N) is 2. The van der Waals surface area contributed by atoms with Crippen LogP contribution in [0, 0.1) is 6.92 Å². The third-order valence-corrected chi connectivity index (χ3v) is 3.17. The van der Waals surface area contributed by atoms with Crippen LogP contribution in [-0.2, 0) is 7.05 Å². The molecule has 0 fully saturated rings. The molecular formula is C14H16N4O. The molecule has 2 heterocycles. The summed E-state index contributed by atoms with van der Waals surface area (Å²) in [6, 6.07) is 9.77. The smallest absolute Gasteiger partial charge is 0.134 e. The molecule has 0 saturated heterocycles. The Morgan fingerprint density at radius 2 is 2.16 bits per heavy atom. The average Bonchev–Trinajstić information content (AvgIpc) is 2.96. The Labute approximate surface area is 111 Å². The first-order valence-corrected chi connectivity index (χ1v) is 6.13. The van der Waals surface area contributed by atoms with Gasteiger partial charge in [0.15, 0.2) is 0 Å². The molecule has 1 unspecified atom stereocenters. The second-order valence-electron chi connectivity index (χ2n) is 4.70. The highest BCUT2D eigenvalue weighted by molar-refractivity contribution is 5.78. The molecule has 2 aromatic heterocycles. The van der Waals surface area contributed by atoms with Crippen molar-refractivity contribution in [2.75, 3.05) is 0 Å². The van der Waals surface area contributed by atoms with Crippen molar-refractivity contribution in [1.82, 2.24) is 15.2 Å². The molecule has 0 spiro atoms. The standard InChI is InChI=1S/C14H16N4O/c1-9-3-4-12-10(7-9)8-13(19-12)14(16-15)11-5-6-18(2)17-11/h3-8,14,16H,15H2,1-2H3. The van der Waals surface area contributed by atoms with Crippen molar-refractivity contribution in [2.45, 2.75) is 13.0 Å². The molecule has 0 bridgehead atoms. The topological polar surface area (TPSA) is 69.0 Å². The lowest BCUT2D eigenvalue weighted by Gasteiger charge is -2.09. The molecule has 0 radical (unpaired) electrons. The van der Waals surface area contributed by atoms with E-state index in [4.69, 9.17) is 10.3 Å². The number of aryl methyl sites for hydroxylation is 2. The SMILES string of the molecule is Cc1ccc2oc(C(NN)c3ccn(C)n3)cc2c1. The van der Waals surface area contributed by atoms with Gasteiger partial charge in [-0.15, -0.1) is 0 Å². The molecule has 0 amide bonds. The number of aromatic nitrogens is 2. The Bertz CT molecular complexity index is 713. The molecule has 3 rings (SSSR count). The second-order valence-corrected chi connectivity index (χ2v) is 4.70. The minimum Gasteiger partial charge on any atom is -0.459 e. The van der Waals surface area contributed by atoms with Gasteiger partial charge in [0.2, 0.25) is 0 Å². The third-order valence-electron chi connectivity index (χ3n) is 3.17. The lowest BCUT2D eigenvalue weighted by Crippen LogP contribution is -2.28. The highest BCUT2D eigenvalue weighted by atomic mass is 16.3. The lowest BCUT2D eigenvalue weighted by molar-refractivity contribution is 0.468. The number of rotatable bonds is 3. The summed E-state index contributed by atoms with van der Waals surface area (Å²) in [6.07, 6.45) is 1.88. The second kappa shape index (κ2) is 4.53. The van der Waals surface area contributed by atoms with Crippen molar-refractivity contribution in [1.29, 1.82) is 0 Å². The number of fused-ring (bicyclic) bond motifs is 1. The molecule has 0 aliphatic heterocycles. The summed E-state index contributed by atoms with van der Waals surface area (Å²) in [7, 11) is 1.87. The zero-order valence-corrected chi connectivity index (χ0v) is 10.9. The lowest BCUT2D eigenvalue weighted by atomic mass is 10.1. The molecule has 5 nitrogen and oxygen atoms in total. The van der Waals surface area contributed by atoms with E-state index in [1.807, 2.05) is 37.5 Å². The third kappa shape index (κ3) is 2.14. The minimum absolute atomic E-state index is 0.242. The summed E-state index contributed by atoms with van der Waals surface area (Å²) in [4.78, 5) is 0. The molecule has 19 heavy (non-hydrogen) atoms. The van der Waals surface area contributed by atoms with Crippen LogP contribution in [0.15, 0.2) is 40.9 Å². The van der Waals surface area contributed by atoms with Crippen LogP contribution in [0.5, 0.6) is 0 Å². The maximum Gasteiger partial charge on any atom is 0.134 e. The van der Waals surface area contributed by atoms with Crippen LogP contribution < -0.4 is 11.3 Å². The number of nitrogens with two attached hydrogens (primary N) is 1. The fraction of sp³-hybridized carbons (Fsp3) is 0.214. The van der Waals surface area contributed by atoms with E-state index in [0.29, 0.717) is 0 Å². The largest absolute Gasteiger partial charge is 0.459 e. The number of furan rings is 1. The molecule has 0 saturated carbocycles. The zero-order valence-electron chi connectivity index (χ0n) is 10.9. The summed E-state index contributed by atoms with van der Waals surface area (Å²) >= 11 is 0. The summed E-state index contributed by atoms with van der Waals surface area (Å²) < 4.78 is 7.59. The fourth-order valence-electron chi connectivity index (χ4n) is 2.23. The Hall–Kier alpha value is -2.11. The van der Waals surface area contributed by atoms with Crippen LogP contribution in [0.4, 0.5) is 0 Å². The van der Waals surface area contributed by atoms with Crippen molar-refractivity contribution in [3.63, 3.8) is 0 Å². The molecule has 1 aromatic carbocycles. The minimum atomic E-state index is -0.242. The molecule has 3 N–H and O–H groups in total. The highest BCUT2D eigenvalue weighted by Crippen LogP contribution is 2.27. The molecule has 3 aromatic rings. The van der Waals surface area contributed by atoms with Crippen LogP contribution in [0.3, 0.4) is 0 Å². The van der Waals surface area contributed by atoms with E-state index >= 15 is 0 Å². The maximum absolute atomic E-state index is 5.85. The van der Waals surface area contributed by atoms with Gasteiger partial charge in [-0.1, -0.05) is 11.6 Å². The van der Waals surface area contributed by atoms with E-state index in [-0.39, 0.29) is 6.04 Å². The van der Waals surface area contributed by atoms with Gasteiger partial charge in [-0.05, 0) is 31.2 Å². The van der Waals surface area contributed by atoms with Crippen LogP contribution in [0.25, 0.3) is 11.0 Å². The van der Waals surface area contributed by atoms with Gasteiger partial charge in [-0.2, -0.15) is 5.10 Å². The Kier molecular flexibility index (Phi) is 2.85. The summed E-state index contributed by atoms with van der Waals surface area (Å²) in [5.41, 5.74) is 5.65. The van der Waals surface area contributed by atoms with Gasteiger partial charge in [0.05, 0.1) is 5.69 Å². The van der Waals surface area contributed by atoms with Gasteiger partial charge in [-0.25, -0.2) is 5.43 Å². The van der Waals surface area contributed by atoms with Crippen LogP contribution in [-0.4, -0.2) is 9.78 Å². The quantitative estimate of drug-likeness (QED) is 0.555. The average molecular weight is 256 g/mol. The summed E-state index contributed by atoms with van der Waals surface area (Å²) in [6.45, 7) is 2.06. The maximum atomic E-state index is 5.85. The van der Waals surface area contributed by atoms with Crippen LogP contribution in [0.2, 0.25) is 0 Å². The Morgan fingerprint density at radius 3 is 2.84 bits per heavy atom. The first kappa shape index (κ1) is 12.0. The number of benzene rings is 1. The van der Waals surface area contributed by atoms with Gasteiger partial charge < -0.3 is 4.42 Å². The van der Waals surface area contributed by atoms with Gasteiger partial charge in [0.25, 0.3) is 0 Å². The molecule has 98 valence electrons. The summed E-state index contributed by atoms with van der Waals surface area (Å²) in [5.74, 6) is 6.40. The molecule has 0 aliphatic carbocycles. The molecule has 0 aliphatic rings. The predicted molar refractivity (Wildman–Crippen MR) is 73.3 cm³/mol. The van der Waals surface area contributed by atoms with E-state index in [2.05, 4.69) is 23.5 Å². The van der Waals surface area contributed by atoms with Gasteiger partial charge >= 0.3 is 0 Å². The van der Waals surface area contributed by atoms with Crippen molar-refractivity contribution in [2.24, 2.45) is 12.9 Å². The van der Waals surface area contributed by atoms with Crippen molar-refractivity contribution >= 4 is 11.0 Å². The van der Waals surface area contributed by atoms with Crippen LogP contribution in [0.1, 0.15) is 23.1 Å². The van der Waals surface area contributed by atoms with E-state index in [1.165, 1.54) is 5.56 Å². The zero-order chi connectivity index (χ0) is 13.4. The van der Waals surface area contributed by atoms with Gasteiger partial charge in [0.1, 0.15) is 17.4 Å². The molecule has 5 heteroatoms. The van der Waals surface area contributed by atoms with Gasteiger partial charge in [-0.3, -0.25) is 10.5 Å². The van der Waals surface area contributed by atoms with Gasteiger partial charge in [0, 0.05) is 18.6 Å². The van der Waals surface area contributed by atoms with Crippen molar-refractivity contribution in [3.8, 4) is 0 Å². The fourth-order valence-corrected chi connectivity index (χ4v) is 2.23. The Balaban J connectivity index is 2.06. The predicted octanol–water partition coefficient (Wildman–Crippen LogP) is 2.03. The van der Waals surface area contributed by atoms with E-state index in [0.717, 1.165) is 22.4 Å². The number of nitrogens with one attached hydrogen (secondary N) is 1.